The number of aliphatic carboxylic acids is 1. The highest BCUT2D eigenvalue weighted by molar-refractivity contribution is 6.32. The lowest BCUT2D eigenvalue weighted by molar-refractivity contribution is -0.145. The van der Waals surface area contributed by atoms with Gasteiger partial charge >= 0.3 is 5.97 Å². The maximum Gasteiger partial charge on any atom is 0.326 e. The van der Waals surface area contributed by atoms with Crippen LogP contribution in [0.25, 0.3) is 0 Å². The van der Waals surface area contributed by atoms with Gasteiger partial charge in [0.2, 0.25) is 0 Å². The standard InChI is InChI=1S/C13H14ClFN2O3/c1-7-3-2-4-17(10(7)13(19)20)12(18)9-5-8(15)6-16-11(9)14/h5-7,10H,2-4H2,1H3,(H,19,20). The summed E-state index contributed by atoms with van der Waals surface area (Å²) in [6.07, 6.45) is 2.35. The van der Waals surface area contributed by atoms with E-state index in [1.807, 2.05) is 0 Å². The number of carboxylic acids is 1. The van der Waals surface area contributed by atoms with Crippen LogP contribution in [0.5, 0.6) is 0 Å². The van der Waals surface area contributed by atoms with Gasteiger partial charge < -0.3 is 10.0 Å². The summed E-state index contributed by atoms with van der Waals surface area (Å²) in [6, 6.07) is 0.0612. The van der Waals surface area contributed by atoms with Gasteiger partial charge in [0.25, 0.3) is 5.91 Å². The van der Waals surface area contributed by atoms with Crippen LogP contribution in [-0.2, 0) is 4.79 Å². The first-order valence-electron chi connectivity index (χ1n) is 6.26. The van der Waals surface area contributed by atoms with Gasteiger partial charge in [-0.3, -0.25) is 4.79 Å². The zero-order valence-electron chi connectivity index (χ0n) is 10.8. The van der Waals surface area contributed by atoms with Crippen LogP contribution in [0.4, 0.5) is 4.39 Å². The van der Waals surface area contributed by atoms with Crippen molar-refractivity contribution in [2.45, 2.75) is 25.8 Å². The van der Waals surface area contributed by atoms with Gasteiger partial charge in [0.1, 0.15) is 17.0 Å². The second kappa shape index (κ2) is 5.75. The Bertz CT molecular complexity index is 552. The summed E-state index contributed by atoms with van der Waals surface area (Å²) in [7, 11) is 0. The zero-order chi connectivity index (χ0) is 14.9. The van der Waals surface area contributed by atoms with E-state index in [1.54, 1.807) is 6.92 Å². The summed E-state index contributed by atoms with van der Waals surface area (Å²) in [4.78, 5) is 28.6. The molecule has 0 bridgehead atoms. The van der Waals surface area contributed by atoms with Crippen LogP contribution < -0.4 is 0 Å². The Morgan fingerprint density at radius 3 is 2.90 bits per heavy atom. The minimum atomic E-state index is -1.06. The van der Waals surface area contributed by atoms with Crippen LogP contribution in [0.15, 0.2) is 12.3 Å². The fourth-order valence-electron chi connectivity index (χ4n) is 2.52. The van der Waals surface area contributed by atoms with Crippen molar-refractivity contribution in [2.75, 3.05) is 6.54 Å². The Morgan fingerprint density at radius 1 is 1.55 bits per heavy atom. The Hall–Kier alpha value is -1.69. The van der Waals surface area contributed by atoms with E-state index in [0.717, 1.165) is 18.7 Å². The molecule has 2 unspecified atom stereocenters. The van der Waals surface area contributed by atoms with E-state index in [0.29, 0.717) is 13.0 Å². The normalized spacial score (nSPS) is 22.6. The molecular weight excluding hydrogens is 287 g/mol. The molecule has 2 rings (SSSR count). The molecule has 0 saturated carbocycles. The van der Waals surface area contributed by atoms with Gasteiger partial charge in [0.05, 0.1) is 11.8 Å². The molecule has 108 valence electrons. The van der Waals surface area contributed by atoms with E-state index in [-0.39, 0.29) is 16.6 Å². The third kappa shape index (κ3) is 2.75. The molecule has 7 heteroatoms. The summed E-state index contributed by atoms with van der Waals surface area (Å²) >= 11 is 5.80. The Morgan fingerprint density at radius 2 is 2.25 bits per heavy atom. The molecule has 5 nitrogen and oxygen atoms in total. The zero-order valence-corrected chi connectivity index (χ0v) is 11.6. The SMILES string of the molecule is CC1CCCN(C(=O)c2cc(F)cnc2Cl)C1C(=O)O. The van der Waals surface area contributed by atoms with Crippen molar-refractivity contribution in [1.29, 1.82) is 0 Å². The van der Waals surface area contributed by atoms with E-state index in [9.17, 15) is 19.1 Å². The second-order valence-electron chi connectivity index (χ2n) is 4.89. The third-order valence-electron chi connectivity index (χ3n) is 3.48. The van der Waals surface area contributed by atoms with Crippen molar-refractivity contribution in [3.8, 4) is 0 Å². The number of carbonyl (C=O) groups excluding carboxylic acids is 1. The lowest BCUT2D eigenvalue weighted by Crippen LogP contribution is -2.52. The maximum absolute atomic E-state index is 13.2. The summed E-state index contributed by atoms with van der Waals surface area (Å²) in [6.45, 7) is 2.09. The van der Waals surface area contributed by atoms with Crippen LogP contribution in [0.3, 0.4) is 0 Å². The number of carbonyl (C=O) groups is 2. The molecule has 1 aliphatic heterocycles. The third-order valence-corrected chi connectivity index (χ3v) is 3.78. The van der Waals surface area contributed by atoms with Gasteiger partial charge in [-0.2, -0.15) is 0 Å². The minimum Gasteiger partial charge on any atom is -0.480 e. The highest BCUT2D eigenvalue weighted by Gasteiger charge is 2.38. The fraction of sp³-hybridized carbons (Fsp3) is 0.462. The van der Waals surface area contributed by atoms with Crippen molar-refractivity contribution in [3.05, 3.63) is 28.8 Å². The van der Waals surface area contributed by atoms with E-state index >= 15 is 0 Å². The summed E-state index contributed by atoms with van der Waals surface area (Å²) < 4.78 is 13.2. The molecule has 0 spiro atoms. The lowest BCUT2D eigenvalue weighted by Gasteiger charge is -2.37. The Kier molecular flexibility index (Phi) is 4.23. The number of amides is 1. The number of rotatable bonds is 2. The van der Waals surface area contributed by atoms with Crippen molar-refractivity contribution in [3.63, 3.8) is 0 Å². The molecule has 20 heavy (non-hydrogen) atoms. The van der Waals surface area contributed by atoms with Gasteiger partial charge in [0.15, 0.2) is 0 Å². The van der Waals surface area contributed by atoms with Gasteiger partial charge in [-0.05, 0) is 24.8 Å². The second-order valence-corrected chi connectivity index (χ2v) is 5.25. The number of aromatic nitrogens is 1. The molecule has 1 N–H and O–H groups in total. The largest absolute Gasteiger partial charge is 0.480 e. The molecule has 0 aromatic carbocycles. The highest BCUT2D eigenvalue weighted by atomic mass is 35.5. The molecule has 2 atom stereocenters. The van der Waals surface area contributed by atoms with Crippen LogP contribution >= 0.6 is 11.6 Å². The number of halogens is 2. The molecule has 1 amide bonds. The first-order chi connectivity index (χ1) is 9.41. The number of carboxylic acid groups (broad SMARTS) is 1. The van der Waals surface area contributed by atoms with Gasteiger partial charge in [-0.1, -0.05) is 18.5 Å². The first-order valence-corrected chi connectivity index (χ1v) is 6.64. The molecule has 0 aliphatic carbocycles. The molecule has 0 radical (unpaired) electrons. The predicted molar refractivity (Wildman–Crippen MR) is 70.1 cm³/mol. The molecule has 1 aromatic heterocycles. The van der Waals surface area contributed by atoms with Crippen LogP contribution in [-0.4, -0.2) is 39.5 Å². The number of likely N-dealkylation sites (tertiary alicyclic amines) is 1. The Balaban J connectivity index is 2.35. The van der Waals surface area contributed by atoms with E-state index in [2.05, 4.69) is 4.98 Å². The number of pyridine rings is 1. The van der Waals surface area contributed by atoms with Crippen molar-refractivity contribution in [1.82, 2.24) is 9.88 Å². The van der Waals surface area contributed by atoms with Gasteiger partial charge in [0, 0.05) is 6.54 Å². The van der Waals surface area contributed by atoms with Crippen LogP contribution in [0.1, 0.15) is 30.1 Å². The molecule has 1 aromatic rings. The molecule has 1 saturated heterocycles. The number of hydrogen-bond donors (Lipinski definition) is 1. The summed E-state index contributed by atoms with van der Waals surface area (Å²) in [5, 5.41) is 9.16. The smallest absolute Gasteiger partial charge is 0.326 e. The monoisotopic (exact) mass is 300 g/mol. The molecule has 1 aliphatic rings. The number of nitrogens with zero attached hydrogens (tertiary/aromatic N) is 2. The lowest BCUT2D eigenvalue weighted by atomic mass is 9.90. The van der Waals surface area contributed by atoms with E-state index in [4.69, 9.17) is 11.6 Å². The topological polar surface area (TPSA) is 70.5 Å². The van der Waals surface area contributed by atoms with Crippen LogP contribution in [0, 0.1) is 11.7 Å². The van der Waals surface area contributed by atoms with E-state index in [1.165, 1.54) is 4.90 Å². The average Bonchev–Trinajstić information content (AvgIpc) is 2.40. The van der Waals surface area contributed by atoms with Gasteiger partial charge in [-0.25, -0.2) is 14.2 Å². The van der Waals surface area contributed by atoms with Gasteiger partial charge in [-0.15, -0.1) is 0 Å². The highest BCUT2D eigenvalue weighted by Crippen LogP contribution is 2.26. The number of piperidine rings is 1. The minimum absolute atomic E-state index is 0.105. The van der Waals surface area contributed by atoms with Crippen molar-refractivity contribution in [2.24, 2.45) is 5.92 Å². The van der Waals surface area contributed by atoms with Crippen LogP contribution in [0.2, 0.25) is 5.15 Å². The molecule has 2 heterocycles. The average molecular weight is 301 g/mol. The van der Waals surface area contributed by atoms with Crippen molar-refractivity contribution >= 4 is 23.5 Å². The van der Waals surface area contributed by atoms with Crippen molar-refractivity contribution < 1.29 is 19.1 Å². The quantitative estimate of drug-likeness (QED) is 0.850. The molecule has 1 fully saturated rings. The van der Waals surface area contributed by atoms with E-state index < -0.39 is 23.7 Å². The first kappa shape index (κ1) is 14.7. The Labute approximate surface area is 120 Å². The maximum atomic E-state index is 13.2. The predicted octanol–water partition coefficient (Wildman–Crippen LogP) is 2.20. The number of hydrogen-bond acceptors (Lipinski definition) is 3. The summed E-state index contributed by atoms with van der Waals surface area (Å²) in [5.74, 6) is -2.51. The fourth-order valence-corrected chi connectivity index (χ4v) is 2.70. The summed E-state index contributed by atoms with van der Waals surface area (Å²) in [5.41, 5.74) is -0.105. The molecular formula is C13H14ClFN2O3.